The molecule has 4 fully saturated rings. The first kappa shape index (κ1) is 15.7. The van der Waals surface area contributed by atoms with Crippen LogP contribution < -0.4 is 16.0 Å². The number of amides is 3. The fourth-order valence-electron chi connectivity index (χ4n) is 5.39. The Kier molecular flexibility index (Phi) is 4.08. The highest BCUT2D eigenvalue weighted by atomic mass is 16.3. The van der Waals surface area contributed by atoms with E-state index in [1.807, 2.05) is 0 Å². The third-order valence-electron chi connectivity index (χ3n) is 5.92. The highest BCUT2D eigenvalue weighted by molar-refractivity contribution is 5.95. The predicted octanol–water partition coefficient (Wildman–Crippen LogP) is 2.16. The number of hydrogen-bond donors (Lipinski definition) is 3. The third kappa shape index (κ3) is 3.34. The predicted molar refractivity (Wildman–Crippen MR) is 88.0 cm³/mol. The topological polar surface area (TPSA) is 83.4 Å². The maximum Gasteiger partial charge on any atom is 0.321 e. The van der Waals surface area contributed by atoms with Crippen molar-refractivity contribution in [3.63, 3.8) is 0 Å². The molecule has 0 saturated heterocycles. The highest BCUT2D eigenvalue weighted by Crippen LogP contribution is 2.55. The quantitative estimate of drug-likeness (QED) is 0.772. The molecule has 24 heavy (non-hydrogen) atoms. The second kappa shape index (κ2) is 6.24. The van der Waals surface area contributed by atoms with Crippen molar-refractivity contribution in [1.29, 1.82) is 0 Å². The van der Waals surface area contributed by atoms with Gasteiger partial charge in [-0.25, -0.2) is 4.79 Å². The average molecular weight is 331 g/mol. The maximum atomic E-state index is 12.1. The average Bonchev–Trinajstić information content (AvgIpc) is 3.03. The van der Waals surface area contributed by atoms with Gasteiger partial charge >= 0.3 is 6.03 Å². The summed E-state index contributed by atoms with van der Waals surface area (Å²) in [6, 6.07) is 3.05. The standard InChI is InChI=1S/C18H25N3O3/c22-16(21-17(23)19-10-15-2-1-3-24-15)11-20-18-7-12-4-13(8-18)6-14(5-12)9-18/h1-3,12-14,20H,4-11H2,(H2,19,21,22,23). The van der Waals surface area contributed by atoms with E-state index >= 15 is 0 Å². The van der Waals surface area contributed by atoms with Gasteiger partial charge in [0.1, 0.15) is 5.76 Å². The molecule has 4 bridgehead atoms. The summed E-state index contributed by atoms with van der Waals surface area (Å²) in [6.45, 7) is 0.481. The van der Waals surface area contributed by atoms with Crippen molar-refractivity contribution in [1.82, 2.24) is 16.0 Å². The molecule has 1 heterocycles. The van der Waals surface area contributed by atoms with Gasteiger partial charge in [-0.3, -0.25) is 10.1 Å². The van der Waals surface area contributed by atoms with Crippen molar-refractivity contribution in [2.75, 3.05) is 6.54 Å². The number of rotatable bonds is 5. The summed E-state index contributed by atoms with van der Waals surface area (Å²) < 4.78 is 5.13. The summed E-state index contributed by atoms with van der Waals surface area (Å²) >= 11 is 0. The normalized spacial score (nSPS) is 33.4. The Labute approximate surface area is 141 Å². The fraction of sp³-hybridized carbons (Fsp3) is 0.667. The van der Waals surface area contributed by atoms with E-state index in [-0.39, 0.29) is 24.5 Å². The molecule has 6 heteroatoms. The second-order valence-electron chi connectivity index (χ2n) is 7.86. The number of urea groups is 1. The highest BCUT2D eigenvalue weighted by Gasteiger charge is 2.50. The smallest absolute Gasteiger partial charge is 0.321 e. The van der Waals surface area contributed by atoms with Crippen LogP contribution in [0.4, 0.5) is 4.79 Å². The van der Waals surface area contributed by atoms with Crippen molar-refractivity contribution in [3.8, 4) is 0 Å². The number of nitrogens with one attached hydrogen (secondary N) is 3. The minimum Gasteiger partial charge on any atom is -0.467 e. The Morgan fingerprint density at radius 1 is 1.12 bits per heavy atom. The molecule has 4 saturated carbocycles. The molecule has 0 aromatic carbocycles. The Bertz CT molecular complexity index is 576. The van der Waals surface area contributed by atoms with Gasteiger partial charge in [0, 0.05) is 5.54 Å². The zero-order chi connectivity index (χ0) is 16.6. The summed E-state index contributed by atoms with van der Waals surface area (Å²) in [6.07, 6.45) is 9.26. The van der Waals surface area contributed by atoms with Gasteiger partial charge in [-0.05, 0) is 68.4 Å². The van der Waals surface area contributed by atoms with E-state index in [1.165, 1.54) is 38.5 Å². The minimum atomic E-state index is -0.483. The molecule has 3 N–H and O–H groups in total. The Hall–Kier alpha value is -1.82. The third-order valence-corrected chi connectivity index (χ3v) is 5.92. The van der Waals surface area contributed by atoms with E-state index in [9.17, 15) is 9.59 Å². The lowest BCUT2D eigenvalue weighted by Crippen LogP contribution is -2.60. The lowest BCUT2D eigenvalue weighted by molar-refractivity contribution is -0.120. The monoisotopic (exact) mass is 331 g/mol. The van der Waals surface area contributed by atoms with Crippen LogP contribution >= 0.6 is 0 Å². The van der Waals surface area contributed by atoms with Gasteiger partial charge in [0.15, 0.2) is 0 Å². The van der Waals surface area contributed by atoms with Crippen LogP contribution in [0.5, 0.6) is 0 Å². The van der Waals surface area contributed by atoms with Crippen molar-refractivity contribution >= 4 is 11.9 Å². The van der Waals surface area contributed by atoms with Crippen LogP contribution in [0.15, 0.2) is 22.8 Å². The van der Waals surface area contributed by atoms with Crippen molar-refractivity contribution in [2.24, 2.45) is 17.8 Å². The molecule has 4 aliphatic rings. The molecule has 3 amide bonds. The van der Waals surface area contributed by atoms with Gasteiger partial charge in [0.25, 0.3) is 0 Å². The van der Waals surface area contributed by atoms with E-state index in [0.717, 1.165) is 17.8 Å². The van der Waals surface area contributed by atoms with Crippen LogP contribution in [0.2, 0.25) is 0 Å². The largest absolute Gasteiger partial charge is 0.467 e. The van der Waals surface area contributed by atoms with E-state index < -0.39 is 6.03 Å². The lowest BCUT2D eigenvalue weighted by atomic mass is 9.53. The van der Waals surface area contributed by atoms with Crippen LogP contribution in [0.1, 0.15) is 44.3 Å². The van der Waals surface area contributed by atoms with Crippen LogP contribution in [0.25, 0.3) is 0 Å². The number of carbonyl (C=O) groups excluding carboxylic acids is 2. The molecular weight excluding hydrogens is 306 g/mol. The summed E-state index contributed by atoms with van der Waals surface area (Å²) in [7, 11) is 0. The van der Waals surface area contributed by atoms with Crippen molar-refractivity contribution < 1.29 is 14.0 Å². The summed E-state index contributed by atoms with van der Waals surface area (Å²) in [5.74, 6) is 2.89. The number of hydrogen-bond acceptors (Lipinski definition) is 4. The molecule has 130 valence electrons. The number of furan rings is 1. The Morgan fingerprint density at radius 2 is 1.79 bits per heavy atom. The van der Waals surface area contributed by atoms with Gasteiger partial charge in [0.05, 0.1) is 19.4 Å². The lowest BCUT2D eigenvalue weighted by Gasteiger charge is -2.57. The molecule has 0 unspecified atom stereocenters. The molecule has 5 rings (SSSR count). The Morgan fingerprint density at radius 3 is 2.38 bits per heavy atom. The van der Waals surface area contributed by atoms with Gasteiger partial charge in [0.2, 0.25) is 5.91 Å². The minimum absolute atomic E-state index is 0.136. The van der Waals surface area contributed by atoms with E-state index in [1.54, 1.807) is 18.4 Å². The molecular formula is C18H25N3O3. The molecule has 0 aliphatic heterocycles. The summed E-state index contributed by atoms with van der Waals surface area (Å²) in [5.41, 5.74) is 0.136. The van der Waals surface area contributed by atoms with E-state index in [4.69, 9.17) is 4.42 Å². The molecule has 6 nitrogen and oxygen atoms in total. The van der Waals surface area contributed by atoms with Gasteiger partial charge in [-0.2, -0.15) is 0 Å². The maximum absolute atomic E-state index is 12.1. The van der Waals surface area contributed by atoms with Crippen LogP contribution in [0, 0.1) is 17.8 Å². The van der Waals surface area contributed by atoms with Crippen LogP contribution in [-0.4, -0.2) is 24.0 Å². The number of carbonyl (C=O) groups is 2. The Balaban J connectivity index is 1.23. The van der Waals surface area contributed by atoms with Crippen LogP contribution in [0.3, 0.4) is 0 Å². The number of imide groups is 1. The molecule has 1 aromatic rings. The van der Waals surface area contributed by atoms with Gasteiger partial charge < -0.3 is 15.1 Å². The fourth-order valence-corrected chi connectivity index (χ4v) is 5.39. The van der Waals surface area contributed by atoms with E-state index in [2.05, 4.69) is 16.0 Å². The summed E-state index contributed by atoms with van der Waals surface area (Å²) in [5, 5.41) is 8.49. The summed E-state index contributed by atoms with van der Waals surface area (Å²) in [4.78, 5) is 23.8. The SMILES string of the molecule is O=C(CNC12CC3CC(CC(C3)C1)C2)NC(=O)NCc1ccco1. The molecule has 4 aliphatic carbocycles. The molecule has 0 spiro atoms. The zero-order valence-corrected chi connectivity index (χ0v) is 13.8. The first-order valence-electron chi connectivity index (χ1n) is 8.95. The van der Waals surface area contributed by atoms with Crippen molar-refractivity contribution in [2.45, 2.75) is 50.6 Å². The zero-order valence-electron chi connectivity index (χ0n) is 13.8. The van der Waals surface area contributed by atoms with Gasteiger partial charge in [-0.1, -0.05) is 0 Å². The van der Waals surface area contributed by atoms with Gasteiger partial charge in [-0.15, -0.1) is 0 Å². The molecule has 0 atom stereocenters. The second-order valence-corrected chi connectivity index (χ2v) is 7.86. The van der Waals surface area contributed by atoms with Crippen LogP contribution in [-0.2, 0) is 11.3 Å². The molecule has 0 radical (unpaired) electrons. The first-order chi connectivity index (χ1) is 11.6. The van der Waals surface area contributed by atoms with E-state index in [0.29, 0.717) is 5.76 Å². The molecule has 1 aromatic heterocycles. The first-order valence-corrected chi connectivity index (χ1v) is 8.95. The van der Waals surface area contributed by atoms with Crippen molar-refractivity contribution in [3.05, 3.63) is 24.2 Å².